The van der Waals surface area contributed by atoms with Crippen molar-refractivity contribution in [1.82, 2.24) is 10.3 Å². The predicted octanol–water partition coefficient (Wildman–Crippen LogP) is 4.91. The van der Waals surface area contributed by atoms with E-state index in [0.29, 0.717) is 22.7 Å². The molecule has 7 heteroatoms. The highest BCUT2D eigenvalue weighted by Crippen LogP contribution is 2.36. The maximum absolute atomic E-state index is 12.6. The van der Waals surface area contributed by atoms with Crippen LogP contribution < -0.4 is 20.1 Å². The van der Waals surface area contributed by atoms with Crippen molar-refractivity contribution < 1.29 is 14.3 Å². The third-order valence-electron chi connectivity index (χ3n) is 4.25. The third kappa shape index (κ3) is 5.13. The number of nitrogens with one attached hydrogen (secondary N) is 2. The molecule has 0 unspecified atom stereocenters. The summed E-state index contributed by atoms with van der Waals surface area (Å²) in [5, 5.41) is 6.12. The van der Waals surface area contributed by atoms with Gasteiger partial charge in [0.25, 0.3) is 5.91 Å². The summed E-state index contributed by atoms with van der Waals surface area (Å²) in [4.78, 5) is 17.1. The van der Waals surface area contributed by atoms with Crippen LogP contribution in [-0.2, 0) is 0 Å². The van der Waals surface area contributed by atoms with Gasteiger partial charge >= 0.3 is 0 Å². The Balaban J connectivity index is 2.54. The molecular weight excluding hydrogens is 410 g/mol. The number of ether oxygens (including phenoxy) is 2. The maximum atomic E-state index is 12.6. The number of nitrogens with zero attached hydrogens (tertiary/aromatic N) is 1. The average molecular weight is 436 g/mol. The molecular formula is C20H26BrN3O3. The molecule has 0 saturated carbocycles. The molecule has 1 aromatic heterocycles. The molecule has 1 amide bonds. The second-order valence-corrected chi connectivity index (χ2v) is 7.04. The normalized spacial score (nSPS) is 10.6. The Morgan fingerprint density at radius 2 is 1.93 bits per heavy atom. The van der Waals surface area contributed by atoms with Gasteiger partial charge in [-0.25, -0.2) is 4.98 Å². The quantitative estimate of drug-likeness (QED) is 0.615. The van der Waals surface area contributed by atoms with Gasteiger partial charge in [0.15, 0.2) is 11.5 Å². The van der Waals surface area contributed by atoms with E-state index in [1.807, 2.05) is 19.1 Å². The number of carbonyl (C=O) groups is 1. The Morgan fingerprint density at radius 1 is 1.22 bits per heavy atom. The molecule has 2 N–H and O–H groups in total. The van der Waals surface area contributed by atoms with E-state index >= 15 is 0 Å². The molecule has 6 nitrogen and oxygen atoms in total. The Morgan fingerprint density at radius 3 is 2.52 bits per heavy atom. The van der Waals surface area contributed by atoms with E-state index in [9.17, 15) is 4.79 Å². The first-order valence-electron chi connectivity index (χ1n) is 8.95. The summed E-state index contributed by atoms with van der Waals surface area (Å²) in [5.41, 5.74) is 1.84. The summed E-state index contributed by atoms with van der Waals surface area (Å²) in [6, 6.07) is 7.54. The minimum atomic E-state index is -0.262. The number of aryl methyl sites for hydroxylation is 1. The lowest BCUT2D eigenvalue weighted by atomic mass is 10.1. The molecule has 0 saturated heterocycles. The van der Waals surface area contributed by atoms with Crippen molar-refractivity contribution in [3.05, 3.63) is 40.0 Å². The van der Waals surface area contributed by atoms with Gasteiger partial charge < -0.3 is 20.1 Å². The summed E-state index contributed by atoms with van der Waals surface area (Å²) >= 11 is 3.41. The maximum Gasteiger partial charge on any atom is 0.258 e. The van der Waals surface area contributed by atoms with Crippen molar-refractivity contribution in [3.8, 4) is 17.4 Å². The molecule has 0 fully saturated rings. The molecule has 2 rings (SSSR count). The number of pyridine rings is 1. The minimum Gasteiger partial charge on any atom is -0.493 e. The number of amides is 1. The summed E-state index contributed by atoms with van der Waals surface area (Å²) in [6.07, 6.45) is 1.89. The van der Waals surface area contributed by atoms with Crippen LogP contribution >= 0.6 is 15.9 Å². The van der Waals surface area contributed by atoms with E-state index < -0.39 is 0 Å². The predicted molar refractivity (Wildman–Crippen MR) is 111 cm³/mol. The van der Waals surface area contributed by atoms with Gasteiger partial charge in [0, 0.05) is 23.3 Å². The number of hydrogen-bond donors (Lipinski definition) is 2. The van der Waals surface area contributed by atoms with Crippen LogP contribution in [0, 0.1) is 6.92 Å². The van der Waals surface area contributed by atoms with Gasteiger partial charge in [0.05, 0.1) is 12.8 Å². The largest absolute Gasteiger partial charge is 0.493 e. The fourth-order valence-electron chi connectivity index (χ4n) is 2.72. The summed E-state index contributed by atoms with van der Waals surface area (Å²) in [6.45, 7) is 6.09. The van der Waals surface area contributed by atoms with E-state index in [1.54, 1.807) is 26.3 Å². The smallest absolute Gasteiger partial charge is 0.258 e. The molecule has 0 atom stereocenters. The first-order valence-corrected chi connectivity index (χ1v) is 9.74. The number of rotatable bonds is 8. The minimum absolute atomic E-state index is 0.239. The topological polar surface area (TPSA) is 72.5 Å². The number of aromatic nitrogens is 1. The van der Waals surface area contributed by atoms with Crippen LogP contribution in [0.2, 0.25) is 0 Å². The molecule has 0 aliphatic heterocycles. The highest BCUT2D eigenvalue weighted by atomic mass is 79.9. The lowest BCUT2D eigenvalue weighted by Crippen LogP contribution is -2.24. The fourth-order valence-corrected chi connectivity index (χ4v) is 3.06. The van der Waals surface area contributed by atoms with Crippen LogP contribution in [0.15, 0.2) is 28.7 Å². The molecule has 0 aliphatic rings. The number of benzene rings is 1. The number of halogens is 1. The third-order valence-corrected chi connectivity index (χ3v) is 4.74. The first kappa shape index (κ1) is 21.0. The Bertz CT molecular complexity index is 807. The zero-order valence-corrected chi connectivity index (χ0v) is 17.9. The highest BCUT2D eigenvalue weighted by molar-refractivity contribution is 9.10. The zero-order chi connectivity index (χ0) is 20.0. The van der Waals surface area contributed by atoms with E-state index in [0.717, 1.165) is 23.0 Å². The van der Waals surface area contributed by atoms with Crippen molar-refractivity contribution in [2.24, 2.45) is 0 Å². The van der Waals surface area contributed by atoms with Gasteiger partial charge in [0.2, 0.25) is 5.88 Å². The molecule has 0 radical (unpaired) electrons. The van der Waals surface area contributed by atoms with Crippen LogP contribution in [0.1, 0.15) is 42.7 Å². The molecule has 0 bridgehead atoms. The van der Waals surface area contributed by atoms with E-state index in [1.165, 1.54) is 0 Å². The van der Waals surface area contributed by atoms with E-state index in [2.05, 4.69) is 45.4 Å². The molecule has 0 aliphatic carbocycles. The van der Waals surface area contributed by atoms with Crippen molar-refractivity contribution in [2.45, 2.75) is 39.7 Å². The molecule has 1 aromatic carbocycles. The summed E-state index contributed by atoms with van der Waals surface area (Å²) in [7, 11) is 3.16. The second-order valence-electron chi connectivity index (χ2n) is 6.13. The number of anilines is 1. The van der Waals surface area contributed by atoms with Gasteiger partial charge in [-0.1, -0.05) is 29.8 Å². The van der Waals surface area contributed by atoms with Crippen LogP contribution in [0.25, 0.3) is 0 Å². The van der Waals surface area contributed by atoms with Gasteiger partial charge in [0.1, 0.15) is 5.56 Å². The van der Waals surface area contributed by atoms with Crippen LogP contribution in [0.3, 0.4) is 0 Å². The molecule has 1 heterocycles. The highest BCUT2D eigenvalue weighted by Gasteiger charge is 2.22. The number of methoxy groups -OCH3 is 1. The van der Waals surface area contributed by atoms with Crippen molar-refractivity contribution in [3.63, 3.8) is 0 Å². The SMILES string of the molecule is CCC(CC)Nc1cc(C)nc(Oc2ccc(Br)cc2OC)c1C(=O)NC. The average Bonchev–Trinajstić information content (AvgIpc) is 2.66. The standard InChI is InChI=1S/C20H26BrN3O3/c1-6-14(7-2)24-15-10-12(3)23-20(18(15)19(25)22-4)27-16-9-8-13(21)11-17(16)26-5/h8-11,14H,6-7H2,1-5H3,(H,22,25)(H,23,24). The van der Waals surface area contributed by atoms with Gasteiger partial charge in [-0.15, -0.1) is 0 Å². The monoisotopic (exact) mass is 435 g/mol. The Kier molecular flexibility index (Phi) is 7.47. The Hall–Kier alpha value is -2.28. The Labute approximate surface area is 168 Å². The summed E-state index contributed by atoms with van der Waals surface area (Å²) in [5.74, 6) is 1.01. The van der Waals surface area contributed by atoms with Gasteiger partial charge in [-0.2, -0.15) is 0 Å². The van der Waals surface area contributed by atoms with Crippen LogP contribution in [-0.4, -0.2) is 31.1 Å². The zero-order valence-electron chi connectivity index (χ0n) is 16.4. The van der Waals surface area contributed by atoms with Crippen molar-refractivity contribution in [1.29, 1.82) is 0 Å². The molecule has 2 aromatic rings. The van der Waals surface area contributed by atoms with Gasteiger partial charge in [-0.05, 0) is 44.0 Å². The second kappa shape index (κ2) is 9.60. The van der Waals surface area contributed by atoms with E-state index in [4.69, 9.17) is 9.47 Å². The van der Waals surface area contributed by atoms with E-state index in [-0.39, 0.29) is 17.8 Å². The number of hydrogen-bond acceptors (Lipinski definition) is 5. The molecule has 27 heavy (non-hydrogen) atoms. The molecule has 146 valence electrons. The van der Waals surface area contributed by atoms with Crippen molar-refractivity contribution in [2.75, 3.05) is 19.5 Å². The van der Waals surface area contributed by atoms with Crippen molar-refractivity contribution >= 4 is 27.5 Å². The fraction of sp³-hybridized carbons (Fsp3) is 0.400. The first-order chi connectivity index (χ1) is 12.9. The lowest BCUT2D eigenvalue weighted by Gasteiger charge is -2.21. The van der Waals surface area contributed by atoms with Gasteiger partial charge in [-0.3, -0.25) is 4.79 Å². The molecule has 0 spiro atoms. The van der Waals surface area contributed by atoms with Crippen LogP contribution in [0.5, 0.6) is 17.4 Å². The van der Waals surface area contributed by atoms with Crippen LogP contribution in [0.4, 0.5) is 5.69 Å². The number of carbonyl (C=O) groups excluding carboxylic acids is 1. The summed E-state index contributed by atoms with van der Waals surface area (Å²) < 4.78 is 12.3. The lowest BCUT2D eigenvalue weighted by molar-refractivity contribution is 0.0961.